The molecule has 226 valence electrons. The summed E-state index contributed by atoms with van der Waals surface area (Å²) in [6, 6.07) is 0. The Labute approximate surface area is 247 Å². The first-order valence-electron chi connectivity index (χ1n) is 15.8. The highest BCUT2D eigenvalue weighted by atomic mass is 16.7. The molecule has 0 radical (unpaired) electrons. The molecule has 0 rings (SSSR count). The van der Waals surface area contributed by atoms with Crippen LogP contribution in [0.1, 0.15) is 118 Å². The van der Waals surface area contributed by atoms with Gasteiger partial charge in [0.2, 0.25) is 5.79 Å². The molecule has 0 bridgehead atoms. The molecule has 0 aromatic heterocycles. The molecule has 0 fully saturated rings. The largest absolute Gasteiger partial charge is 0.492 e. The van der Waals surface area contributed by atoms with E-state index in [2.05, 4.69) is 70.1 Å². The molecule has 0 aliphatic rings. The van der Waals surface area contributed by atoms with Crippen molar-refractivity contribution in [3.8, 4) is 23.7 Å². The summed E-state index contributed by atoms with van der Waals surface area (Å²) in [4.78, 5) is 0. The standard InChI is InChI=1S/C36H58O4/c1-6-11-16-17-21-24-29-36(39-33-25-12-7-2,40-34-26-13-8-3)35(38-32-15-10-5)28-23-20-18-19-22-27-31-37-30-14-9-4/h6,17-19,21,28H,1,7-10,12-15,22,24-27,29-34H2,2-5H3/b19-18-,21-17-,35-28?. The fraction of sp³-hybridized carbons (Fsp3) is 0.667. The molecule has 0 unspecified atom stereocenters. The van der Waals surface area contributed by atoms with Gasteiger partial charge in [0, 0.05) is 25.7 Å². The van der Waals surface area contributed by atoms with Crippen molar-refractivity contribution in [1.29, 1.82) is 0 Å². The van der Waals surface area contributed by atoms with Crippen LogP contribution < -0.4 is 0 Å². The maximum atomic E-state index is 6.58. The summed E-state index contributed by atoms with van der Waals surface area (Å²) < 4.78 is 25.1. The van der Waals surface area contributed by atoms with Crippen molar-refractivity contribution in [3.05, 3.63) is 48.8 Å². The third-order valence-corrected chi connectivity index (χ3v) is 6.11. The van der Waals surface area contributed by atoms with Gasteiger partial charge in [0.1, 0.15) is 0 Å². The topological polar surface area (TPSA) is 36.9 Å². The number of unbranched alkanes of at least 4 members (excludes halogenated alkanes) is 7. The van der Waals surface area contributed by atoms with Crippen molar-refractivity contribution < 1.29 is 18.9 Å². The summed E-state index contributed by atoms with van der Waals surface area (Å²) >= 11 is 0. The molecule has 0 atom stereocenters. The zero-order valence-corrected chi connectivity index (χ0v) is 26.2. The average molecular weight is 555 g/mol. The van der Waals surface area contributed by atoms with Crippen molar-refractivity contribution in [2.75, 3.05) is 33.0 Å². The molecular formula is C36H58O4. The van der Waals surface area contributed by atoms with E-state index in [0.717, 1.165) is 90.3 Å². The van der Waals surface area contributed by atoms with Gasteiger partial charge in [-0.25, -0.2) is 0 Å². The monoisotopic (exact) mass is 554 g/mol. The molecule has 0 aliphatic carbocycles. The molecule has 0 amide bonds. The van der Waals surface area contributed by atoms with Gasteiger partial charge >= 0.3 is 0 Å². The van der Waals surface area contributed by atoms with E-state index in [1.165, 1.54) is 6.42 Å². The molecule has 0 aromatic rings. The first-order valence-corrected chi connectivity index (χ1v) is 15.8. The minimum Gasteiger partial charge on any atom is -0.492 e. The van der Waals surface area contributed by atoms with Gasteiger partial charge < -0.3 is 18.9 Å². The fourth-order valence-corrected chi connectivity index (χ4v) is 3.69. The first-order chi connectivity index (χ1) is 19.7. The number of ether oxygens (including phenoxy) is 4. The first kappa shape index (κ1) is 37.8. The lowest BCUT2D eigenvalue weighted by atomic mass is 10.1. The van der Waals surface area contributed by atoms with E-state index in [1.807, 2.05) is 18.2 Å². The minimum absolute atomic E-state index is 0.608. The summed E-state index contributed by atoms with van der Waals surface area (Å²) in [5, 5.41) is 0. The van der Waals surface area contributed by atoms with Crippen LogP contribution in [0.25, 0.3) is 0 Å². The van der Waals surface area contributed by atoms with Gasteiger partial charge in [0.15, 0.2) is 5.76 Å². The van der Waals surface area contributed by atoms with Crippen LogP contribution in [0.15, 0.2) is 48.8 Å². The van der Waals surface area contributed by atoms with Crippen LogP contribution in [0, 0.1) is 23.7 Å². The fourth-order valence-electron chi connectivity index (χ4n) is 3.69. The van der Waals surface area contributed by atoms with Gasteiger partial charge in [-0.05, 0) is 63.2 Å². The van der Waals surface area contributed by atoms with Crippen LogP contribution >= 0.6 is 0 Å². The van der Waals surface area contributed by atoms with Gasteiger partial charge in [-0.1, -0.05) is 109 Å². The molecule has 0 heterocycles. The van der Waals surface area contributed by atoms with Crippen molar-refractivity contribution in [2.24, 2.45) is 0 Å². The summed E-state index contributed by atoms with van der Waals surface area (Å²) in [6.45, 7) is 15.9. The third-order valence-electron chi connectivity index (χ3n) is 6.11. The molecular weight excluding hydrogens is 496 g/mol. The second kappa shape index (κ2) is 29.7. The number of hydrogen-bond donors (Lipinski definition) is 0. The predicted molar refractivity (Wildman–Crippen MR) is 171 cm³/mol. The van der Waals surface area contributed by atoms with Gasteiger partial charge in [0.25, 0.3) is 0 Å². The van der Waals surface area contributed by atoms with E-state index < -0.39 is 5.79 Å². The SMILES string of the molecule is C=CC#C/C=C\CCC(OCCCCC)(OCCCCC)C(=CC#C/C=C\CCCOCCCC)OCCCC. The van der Waals surface area contributed by atoms with Crippen LogP contribution in [0.4, 0.5) is 0 Å². The van der Waals surface area contributed by atoms with E-state index in [1.54, 1.807) is 6.08 Å². The van der Waals surface area contributed by atoms with E-state index in [4.69, 9.17) is 18.9 Å². The summed E-state index contributed by atoms with van der Waals surface area (Å²) in [7, 11) is 0. The Morgan fingerprint density at radius 2 is 1.20 bits per heavy atom. The summed E-state index contributed by atoms with van der Waals surface area (Å²) in [5.41, 5.74) is 0. The van der Waals surface area contributed by atoms with Gasteiger partial charge in [-0.3, -0.25) is 0 Å². The number of allylic oxidation sites excluding steroid dienone is 6. The highest BCUT2D eigenvalue weighted by Gasteiger charge is 2.38. The number of rotatable bonds is 25. The smallest absolute Gasteiger partial charge is 0.228 e. The van der Waals surface area contributed by atoms with Crippen LogP contribution in [-0.2, 0) is 18.9 Å². The lowest BCUT2D eigenvalue weighted by Gasteiger charge is -2.35. The molecule has 0 aliphatic heterocycles. The minimum atomic E-state index is -0.973. The molecule has 4 nitrogen and oxygen atoms in total. The third kappa shape index (κ3) is 21.6. The molecule has 0 N–H and O–H groups in total. The zero-order chi connectivity index (χ0) is 29.4. The Morgan fingerprint density at radius 3 is 1.82 bits per heavy atom. The van der Waals surface area contributed by atoms with E-state index in [-0.39, 0.29) is 0 Å². The summed E-state index contributed by atoms with van der Waals surface area (Å²) in [5.74, 6) is 11.9. The number of hydrogen-bond acceptors (Lipinski definition) is 4. The maximum absolute atomic E-state index is 6.58. The van der Waals surface area contributed by atoms with Crippen LogP contribution in [0.2, 0.25) is 0 Å². The molecule has 0 spiro atoms. The van der Waals surface area contributed by atoms with Crippen LogP contribution in [0.3, 0.4) is 0 Å². The predicted octanol–water partition coefficient (Wildman–Crippen LogP) is 9.48. The Hall–Kier alpha value is -2.24. The van der Waals surface area contributed by atoms with Gasteiger partial charge in [-0.2, -0.15) is 0 Å². The zero-order valence-electron chi connectivity index (χ0n) is 26.2. The Bertz CT molecular complexity index is 788. The Morgan fingerprint density at radius 1 is 0.625 bits per heavy atom. The molecule has 0 saturated carbocycles. The van der Waals surface area contributed by atoms with Crippen molar-refractivity contribution >= 4 is 0 Å². The normalized spacial score (nSPS) is 11.8. The van der Waals surface area contributed by atoms with E-state index in [9.17, 15) is 0 Å². The van der Waals surface area contributed by atoms with E-state index in [0.29, 0.717) is 32.0 Å². The van der Waals surface area contributed by atoms with Crippen molar-refractivity contribution in [3.63, 3.8) is 0 Å². The molecule has 0 saturated heterocycles. The molecule has 0 aromatic carbocycles. The van der Waals surface area contributed by atoms with Gasteiger partial charge in [0.05, 0.1) is 19.8 Å². The maximum Gasteiger partial charge on any atom is 0.228 e. The lowest BCUT2D eigenvalue weighted by Crippen LogP contribution is -2.40. The van der Waals surface area contributed by atoms with E-state index >= 15 is 0 Å². The second-order valence-corrected chi connectivity index (χ2v) is 9.81. The van der Waals surface area contributed by atoms with Crippen LogP contribution in [0.5, 0.6) is 0 Å². The highest BCUT2D eigenvalue weighted by molar-refractivity contribution is 5.28. The van der Waals surface area contributed by atoms with Crippen molar-refractivity contribution in [2.45, 2.75) is 123 Å². The lowest BCUT2D eigenvalue weighted by molar-refractivity contribution is -0.237. The Kier molecular flexibility index (Phi) is 28.1. The van der Waals surface area contributed by atoms with Crippen molar-refractivity contribution in [1.82, 2.24) is 0 Å². The second-order valence-electron chi connectivity index (χ2n) is 9.81. The Balaban J connectivity index is 5.81. The van der Waals surface area contributed by atoms with Gasteiger partial charge in [-0.15, -0.1) is 0 Å². The summed E-state index contributed by atoms with van der Waals surface area (Å²) in [6.07, 6.45) is 25.5. The highest BCUT2D eigenvalue weighted by Crippen LogP contribution is 2.32. The van der Waals surface area contributed by atoms with Crippen LogP contribution in [-0.4, -0.2) is 38.8 Å². The average Bonchev–Trinajstić information content (AvgIpc) is 2.96. The molecule has 40 heavy (non-hydrogen) atoms. The quantitative estimate of drug-likeness (QED) is 0.0487. The molecule has 4 heteroatoms.